The molecule has 0 aliphatic rings. The minimum absolute atomic E-state index is 0.591. The molecule has 0 radical (unpaired) electrons. The number of hydrogen-bond acceptors (Lipinski definition) is 3. The van der Waals surface area contributed by atoms with Crippen LogP contribution in [0.3, 0.4) is 0 Å². The fraction of sp³-hybridized carbons (Fsp3) is 0.125. The zero-order valence-corrected chi connectivity index (χ0v) is 11.7. The zero-order valence-electron chi connectivity index (χ0n) is 11.7. The second-order valence-corrected chi connectivity index (χ2v) is 4.43. The molecule has 2 aromatic carbocycles. The molecule has 0 fully saturated rings. The third-order valence-corrected chi connectivity index (χ3v) is 2.94. The summed E-state index contributed by atoms with van der Waals surface area (Å²) in [4.78, 5) is 10.9. The van der Waals surface area contributed by atoms with Crippen molar-refractivity contribution in [2.75, 3.05) is 7.11 Å². The number of nitrogens with two attached hydrogens (primary N) is 1. The Labute approximate surface area is 123 Å². The van der Waals surface area contributed by atoms with E-state index in [9.17, 15) is 4.79 Å². The van der Waals surface area contributed by atoms with Crippen LogP contribution in [0, 0.1) is 0 Å². The molecule has 0 unspecified atom stereocenters. The van der Waals surface area contributed by atoms with Gasteiger partial charge in [-0.2, -0.15) is 5.10 Å². The van der Waals surface area contributed by atoms with Gasteiger partial charge >= 0.3 is 6.03 Å². The van der Waals surface area contributed by atoms with Gasteiger partial charge in [-0.25, -0.2) is 10.2 Å². The Morgan fingerprint density at radius 3 is 2.38 bits per heavy atom. The van der Waals surface area contributed by atoms with Crippen LogP contribution < -0.4 is 15.9 Å². The van der Waals surface area contributed by atoms with E-state index in [2.05, 4.69) is 10.5 Å². The Balaban J connectivity index is 2.26. The standard InChI is InChI=1S/C16H17N3O2/c1-21-14-9-7-13(8-10-14)15(18-19-16(17)20)11-12-5-3-2-4-6-12/h2-10H,11H2,1H3,(H3,17,19,20)/b18-15+. The van der Waals surface area contributed by atoms with Gasteiger partial charge in [0.05, 0.1) is 12.8 Å². The number of carbonyl (C=O) groups excluding carboxylic acids is 1. The summed E-state index contributed by atoms with van der Waals surface area (Å²) >= 11 is 0. The van der Waals surface area contributed by atoms with Crippen molar-refractivity contribution in [3.63, 3.8) is 0 Å². The molecule has 0 saturated heterocycles. The topological polar surface area (TPSA) is 76.7 Å². The number of rotatable bonds is 5. The summed E-state index contributed by atoms with van der Waals surface area (Å²) in [5.74, 6) is 0.765. The predicted molar refractivity (Wildman–Crippen MR) is 82.4 cm³/mol. The second kappa shape index (κ2) is 7.09. The van der Waals surface area contributed by atoms with E-state index in [1.54, 1.807) is 7.11 Å². The number of amides is 2. The summed E-state index contributed by atoms with van der Waals surface area (Å²) in [5.41, 5.74) is 10.1. The van der Waals surface area contributed by atoms with Gasteiger partial charge in [0.1, 0.15) is 5.75 Å². The quantitative estimate of drug-likeness (QED) is 0.652. The molecule has 3 N–H and O–H groups in total. The molecular weight excluding hydrogens is 266 g/mol. The summed E-state index contributed by atoms with van der Waals surface area (Å²) in [5, 5.41) is 4.10. The van der Waals surface area contributed by atoms with E-state index in [4.69, 9.17) is 10.5 Å². The molecule has 0 aliphatic heterocycles. The van der Waals surface area contributed by atoms with Crippen molar-refractivity contribution in [1.82, 2.24) is 5.43 Å². The highest BCUT2D eigenvalue weighted by Gasteiger charge is 2.06. The van der Waals surface area contributed by atoms with E-state index < -0.39 is 6.03 Å². The number of methoxy groups -OCH3 is 1. The molecule has 0 saturated carbocycles. The van der Waals surface area contributed by atoms with Crippen LogP contribution in [-0.2, 0) is 6.42 Å². The Hall–Kier alpha value is -2.82. The van der Waals surface area contributed by atoms with Crippen LogP contribution in [0.5, 0.6) is 5.75 Å². The lowest BCUT2D eigenvalue weighted by Gasteiger charge is -2.08. The van der Waals surface area contributed by atoms with Crippen LogP contribution in [0.25, 0.3) is 0 Å². The van der Waals surface area contributed by atoms with Crippen molar-refractivity contribution in [1.29, 1.82) is 0 Å². The summed E-state index contributed by atoms with van der Waals surface area (Å²) < 4.78 is 5.14. The number of primary amides is 1. The molecular formula is C16H17N3O2. The molecule has 0 atom stereocenters. The normalized spacial score (nSPS) is 11.0. The largest absolute Gasteiger partial charge is 0.497 e. The van der Waals surface area contributed by atoms with Crippen LogP contribution >= 0.6 is 0 Å². The van der Waals surface area contributed by atoms with Gasteiger partial charge in [0, 0.05) is 6.42 Å². The highest BCUT2D eigenvalue weighted by atomic mass is 16.5. The number of hydrogen-bond donors (Lipinski definition) is 2. The number of benzene rings is 2. The lowest BCUT2D eigenvalue weighted by atomic mass is 10.0. The van der Waals surface area contributed by atoms with Crippen molar-refractivity contribution in [2.45, 2.75) is 6.42 Å². The maximum atomic E-state index is 10.9. The Morgan fingerprint density at radius 2 is 1.81 bits per heavy atom. The first kappa shape index (κ1) is 14.6. The summed E-state index contributed by atoms with van der Waals surface area (Å²) in [6.07, 6.45) is 0.591. The first-order valence-corrected chi connectivity index (χ1v) is 6.49. The Kier molecular flexibility index (Phi) is 4.93. The highest BCUT2D eigenvalue weighted by molar-refractivity contribution is 6.02. The van der Waals surface area contributed by atoms with E-state index in [1.807, 2.05) is 54.6 Å². The first-order chi connectivity index (χ1) is 10.2. The molecule has 0 aromatic heterocycles. The summed E-state index contributed by atoms with van der Waals surface area (Å²) in [7, 11) is 1.61. The van der Waals surface area contributed by atoms with Gasteiger partial charge in [-0.1, -0.05) is 30.3 Å². The lowest BCUT2D eigenvalue weighted by Crippen LogP contribution is -2.26. The maximum absolute atomic E-state index is 10.9. The smallest absolute Gasteiger partial charge is 0.332 e. The molecule has 108 valence electrons. The van der Waals surface area contributed by atoms with Crippen molar-refractivity contribution in [3.8, 4) is 5.75 Å². The fourth-order valence-electron chi connectivity index (χ4n) is 1.90. The number of ether oxygens (including phenoxy) is 1. The van der Waals surface area contributed by atoms with Crippen LogP contribution in [0.4, 0.5) is 4.79 Å². The molecule has 5 heteroatoms. The van der Waals surface area contributed by atoms with E-state index in [0.717, 1.165) is 22.6 Å². The minimum atomic E-state index is -0.686. The van der Waals surface area contributed by atoms with E-state index in [1.165, 1.54) is 0 Å². The van der Waals surface area contributed by atoms with Gasteiger partial charge < -0.3 is 10.5 Å². The monoisotopic (exact) mass is 283 g/mol. The van der Waals surface area contributed by atoms with Gasteiger partial charge in [-0.15, -0.1) is 0 Å². The highest BCUT2D eigenvalue weighted by Crippen LogP contribution is 2.14. The zero-order chi connectivity index (χ0) is 15.1. The van der Waals surface area contributed by atoms with Crippen LogP contribution in [0.1, 0.15) is 11.1 Å². The minimum Gasteiger partial charge on any atom is -0.497 e. The maximum Gasteiger partial charge on any atom is 0.332 e. The van der Waals surface area contributed by atoms with Crippen molar-refractivity contribution in [2.24, 2.45) is 10.8 Å². The van der Waals surface area contributed by atoms with E-state index >= 15 is 0 Å². The molecule has 2 amide bonds. The molecule has 5 nitrogen and oxygen atoms in total. The van der Waals surface area contributed by atoms with Crippen LogP contribution in [0.15, 0.2) is 59.7 Å². The van der Waals surface area contributed by atoms with Crippen LogP contribution in [0.2, 0.25) is 0 Å². The van der Waals surface area contributed by atoms with Gasteiger partial charge in [-0.05, 0) is 35.4 Å². The molecule has 0 bridgehead atoms. The number of hydrazone groups is 1. The molecule has 21 heavy (non-hydrogen) atoms. The Morgan fingerprint density at radius 1 is 1.14 bits per heavy atom. The average Bonchev–Trinajstić information content (AvgIpc) is 2.52. The fourth-order valence-corrected chi connectivity index (χ4v) is 1.90. The average molecular weight is 283 g/mol. The molecule has 0 heterocycles. The molecule has 2 aromatic rings. The van der Waals surface area contributed by atoms with Crippen molar-refractivity contribution < 1.29 is 9.53 Å². The number of nitrogens with zero attached hydrogens (tertiary/aromatic N) is 1. The first-order valence-electron chi connectivity index (χ1n) is 6.49. The van der Waals surface area contributed by atoms with Gasteiger partial charge in [0.25, 0.3) is 0 Å². The van der Waals surface area contributed by atoms with Gasteiger partial charge in [-0.3, -0.25) is 0 Å². The van der Waals surface area contributed by atoms with Crippen molar-refractivity contribution >= 4 is 11.7 Å². The molecule has 0 aliphatic carbocycles. The number of carbonyl (C=O) groups is 1. The second-order valence-electron chi connectivity index (χ2n) is 4.43. The van der Waals surface area contributed by atoms with E-state index in [0.29, 0.717) is 6.42 Å². The SMILES string of the molecule is COc1ccc(/C(Cc2ccccc2)=N/NC(N)=O)cc1. The van der Waals surface area contributed by atoms with Crippen LogP contribution in [-0.4, -0.2) is 18.9 Å². The number of nitrogens with one attached hydrogen (secondary N) is 1. The number of urea groups is 1. The Bertz CT molecular complexity index is 622. The van der Waals surface area contributed by atoms with Crippen molar-refractivity contribution in [3.05, 3.63) is 65.7 Å². The molecule has 0 spiro atoms. The van der Waals surface area contributed by atoms with E-state index in [-0.39, 0.29) is 0 Å². The van der Waals surface area contributed by atoms with Gasteiger partial charge in [0.2, 0.25) is 0 Å². The summed E-state index contributed by atoms with van der Waals surface area (Å²) in [6, 6.07) is 16.7. The lowest BCUT2D eigenvalue weighted by molar-refractivity contribution is 0.249. The predicted octanol–water partition coefficient (Wildman–Crippen LogP) is 2.31. The third-order valence-electron chi connectivity index (χ3n) is 2.94. The van der Waals surface area contributed by atoms with Gasteiger partial charge in [0.15, 0.2) is 0 Å². The summed E-state index contributed by atoms with van der Waals surface area (Å²) in [6.45, 7) is 0. The third kappa shape index (κ3) is 4.35. The molecule has 2 rings (SSSR count).